The first-order chi connectivity index (χ1) is 6.70. The van der Waals surface area contributed by atoms with Crippen molar-refractivity contribution in [1.82, 2.24) is 5.16 Å². The van der Waals surface area contributed by atoms with Crippen LogP contribution in [0.4, 0.5) is 10.1 Å². The number of nitrogens with two attached hydrogens (primary N) is 1. The molecule has 0 spiro atoms. The maximum atomic E-state index is 13.4. The predicted octanol–water partition coefficient (Wildman–Crippen LogP) is 2.83. The molecule has 1 aromatic carbocycles. The SMILES string of the molecule is Nc1cnoc1-c1c(F)cccc1Br. The number of nitrogens with zero attached hydrogens (tertiary/aromatic N) is 1. The Morgan fingerprint density at radius 2 is 2.21 bits per heavy atom. The monoisotopic (exact) mass is 256 g/mol. The van der Waals surface area contributed by atoms with Crippen molar-refractivity contribution in [3.8, 4) is 11.3 Å². The van der Waals surface area contributed by atoms with Crippen molar-refractivity contribution in [3.63, 3.8) is 0 Å². The zero-order valence-electron chi connectivity index (χ0n) is 7.00. The van der Waals surface area contributed by atoms with Gasteiger partial charge in [-0.05, 0) is 28.1 Å². The number of rotatable bonds is 1. The van der Waals surface area contributed by atoms with Gasteiger partial charge in [-0.25, -0.2) is 4.39 Å². The molecule has 0 aliphatic heterocycles. The fourth-order valence-corrected chi connectivity index (χ4v) is 1.67. The van der Waals surface area contributed by atoms with Crippen LogP contribution in [-0.4, -0.2) is 5.16 Å². The molecule has 0 saturated heterocycles. The van der Waals surface area contributed by atoms with Gasteiger partial charge in [0.25, 0.3) is 0 Å². The van der Waals surface area contributed by atoms with Crippen LogP contribution in [-0.2, 0) is 0 Å². The van der Waals surface area contributed by atoms with E-state index in [2.05, 4.69) is 21.1 Å². The molecule has 5 heteroatoms. The van der Waals surface area contributed by atoms with Crippen molar-refractivity contribution >= 4 is 21.6 Å². The van der Waals surface area contributed by atoms with E-state index in [9.17, 15) is 4.39 Å². The van der Waals surface area contributed by atoms with E-state index in [0.29, 0.717) is 15.7 Å². The summed E-state index contributed by atoms with van der Waals surface area (Å²) < 4.78 is 18.9. The molecule has 1 heterocycles. The zero-order valence-corrected chi connectivity index (χ0v) is 8.58. The summed E-state index contributed by atoms with van der Waals surface area (Å²) in [5.74, 6) is -0.155. The van der Waals surface area contributed by atoms with Crippen LogP contribution >= 0.6 is 15.9 Å². The molecule has 0 bridgehead atoms. The lowest BCUT2D eigenvalue weighted by molar-refractivity contribution is 0.430. The fourth-order valence-electron chi connectivity index (χ4n) is 1.15. The standard InChI is InChI=1S/C9H6BrFN2O/c10-5-2-1-3-6(11)8(5)9-7(12)4-13-14-9/h1-4H,12H2. The maximum Gasteiger partial charge on any atom is 0.193 e. The van der Waals surface area contributed by atoms with Gasteiger partial charge in [0.1, 0.15) is 11.5 Å². The third-order valence-corrected chi connectivity index (χ3v) is 2.45. The van der Waals surface area contributed by atoms with Crippen molar-refractivity contribution < 1.29 is 8.91 Å². The van der Waals surface area contributed by atoms with Crippen LogP contribution < -0.4 is 5.73 Å². The van der Waals surface area contributed by atoms with Crippen LogP contribution in [0.15, 0.2) is 33.4 Å². The maximum absolute atomic E-state index is 13.4. The Bertz CT molecular complexity index is 449. The molecule has 0 saturated carbocycles. The summed E-state index contributed by atoms with van der Waals surface area (Å²) in [5, 5.41) is 3.49. The highest BCUT2D eigenvalue weighted by molar-refractivity contribution is 9.10. The third kappa shape index (κ3) is 1.39. The molecular weight excluding hydrogens is 251 g/mol. The molecule has 2 rings (SSSR count). The minimum Gasteiger partial charge on any atom is -0.394 e. The first kappa shape index (κ1) is 9.21. The van der Waals surface area contributed by atoms with Crippen LogP contribution in [0, 0.1) is 5.82 Å². The smallest absolute Gasteiger partial charge is 0.193 e. The van der Waals surface area contributed by atoms with Gasteiger partial charge in [-0.15, -0.1) is 0 Å². The Morgan fingerprint density at radius 1 is 1.43 bits per heavy atom. The fraction of sp³-hybridized carbons (Fsp3) is 0. The molecular formula is C9H6BrFN2O. The number of halogens is 2. The minimum atomic E-state index is -0.400. The van der Waals surface area contributed by atoms with Gasteiger partial charge in [0.05, 0.1) is 11.8 Å². The summed E-state index contributed by atoms with van der Waals surface area (Å²) in [6.45, 7) is 0. The normalized spacial score (nSPS) is 10.4. The number of aromatic nitrogens is 1. The van der Waals surface area contributed by atoms with Crippen molar-refractivity contribution in [2.75, 3.05) is 5.73 Å². The largest absolute Gasteiger partial charge is 0.394 e. The van der Waals surface area contributed by atoms with E-state index in [1.165, 1.54) is 12.3 Å². The van der Waals surface area contributed by atoms with Gasteiger partial charge in [0.15, 0.2) is 5.76 Å². The van der Waals surface area contributed by atoms with Crippen LogP contribution in [0.2, 0.25) is 0 Å². The van der Waals surface area contributed by atoms with E-state index in [1.807, 2.05) is 0 Å². The van der Waals surface area contributed by atoms with Gasteiger partial charge in [-0.1, -0.05) is 11.2 Å². The topological polar surface area (TPSA) is 52.0 Å². The minimum absolute atomic E-state index is 0.245. The van der Waals surface area contributed by atoms with E-state index in [4.69, 9.17) is 10.3 Å². The van der Waals surface area contributed by atoms with Crippen LogP contribution in [0.3, 0.4) is 0 Å². The van der Waals surface area contributed by atoms with Gasteiger partial charge >= 0.3 is 0 Å². The molecule has 14 heavy (non-hydrogen) atoms. The Morgan fingerprint density at radius 3 is 2.79 bits per heavy atom. The summed E-state index contributed by atoms with van der Waals surface area (Å²) >= 11 is 3.22. The Hall–Kier alpha value is -1.36. The van der Waals surface area contributed by atoms with E-state index in [1.54, 1.807) is 12.1 Å². The van der Waals surface area contributed by atoms with E-state index < -0.39 is 5.82 Å². The van der Waals surface area contributed by atoms with Gasteiger partial charge in [0.2, 0.25) is 0 Å². The Kier molecular flexibility index (Phi) is 2.25. The van der Waals surface area contributed by atoms with E-state index in [-0.39, 0.29) is 5.76 Å². The molecule has 0 aliphatic rings. The van der Waals surface area contributed by atoms with Gasteiger partial charge < -0.3 is 10.3 Å². The van der Waals surface area contributed by atoms with Crippen LogP contribution in [0.5, 0.6) is 0 Å². The highest BCUT2D eigenvalue weighted by atomic mass is 79.9. The second-order valence-corrected chi connectivity index (χ2v) is 3.56. The van der Waals surface area contributed by atoms with Gasteiger partial charge in [0, 0.05) is 4.47 Å². The highest BCUT2D eigenvalue weighted by Gasteiger charge is 2.15. The molecule has 0 amide bonds. The van der Waals surface area contributed by atoms with E-state index in [0.717, 1.165) is 0 Å². The second kappa shape index (κ2) is 3.42. The quantitative estimate of drug-likeness (QED) is 0.854. The molecule has 0 fully saturated rings. The highest BCUT2D eigenvalue weighted by Crippen LogP contribution is 2.33. The van der Waals surface area contributed by atoms with Crippen molar-refractivity contribution in [3.05, 3.63) is 34.7 Å². The number of nitrogen functional groups attached to an aromatic ring is 1. The Labute approximate surface area is 87.8 Å². The predicted molar refractivity (Wildman–Crippen MR) is 54.0 cm³/mol. The third-order valence-electron chi connectivity index (χ3n) is 1.79. The summed E-state index contributed by atoms with van der Waals surface area (Å²) in [7, 11) is 0. The summed E-state index contributed by atoms with van der Waals surface area (Å²) in [6.07, 6.45) is 1.34. The van der Waals surface area contributed by atoms with Crippen molar-refractivity contribution in [2.45, 2.75) is 0 Å². The molecule has 0 aliphatic carbocycles. The molecule has 1 aromatic heterocycles. The zero-order chi connectivity index (χ0) is 10.1. The molecule has 3 nitrogen and oxygen atoms in total. The van der Waals surface area contributed by atoms with Gasteiger partial charge in [-0.3, -0.25) is 0 Å². The molecule has 2 aromatic rings. The van der Waals surface area contributed by atoms with Gasteiger partial charge in [-0.2, -0.15) is 0 Å². The summed E-state index contributed by atoms with van der Waals surface area (Å²) in [5.41, 5.74) is 6.18. The molecule has 0 atom stereocenters. The lowest BCUT2D eigenvalue weighted by Gasteiger charge is -2.01. The van der Waals surface area contributed by atoms with Crippen molar-refractivity contribution in [2.24, 2.45) is 0 Å². The Balaban J connectivity index is 2.68. The van der Waals surface area contributed by atoms with Crippen molar-refractivity contribution in [1.29, 1.82) is 0 Å². The average Bonchev–Trinajstić information content (AvgIpc) is 2.52. The number of anilines is 1. The molecule has 72 valence electrons. The lowest BCUT2D eigenvalue weighted by Crippen LogP contribution is -1.89. The van der Waals surface area contributed by atoms with Crippen LogP contribution in [0.1, 0.15) is 0 Å². The summed E-state index contributed by atoms with van der Waals surface area (Å²) in [6, 6.07) is 4.64. The summed E-state index contributed by atoms with van der Waals surface area (Å²) in [4.78, 5) is 0. The first-order valence-corrected chi connectivity index (χ1v) is 4.64. The lowest BCUT2D eigenvalue weighted by atomic mass is 10.1. The second-order valence-electron chi connectivity index (χ2n) is 2.71. The number of hydrogen-bond donors (Lipinski definition) is 1. The van der Waals surface area contributed by atoms with E-state index >= 15 is 0 Å². The first-order valence-electron chi connectivity index (χ1n) is 3.84. The molecule has 0 unspecified atom stereocenters. The van der Waals surface area contributed by atoms with Crippen LogP contribution in [0.25, 0.3) is 11.3 Å². The number of benzene rings is 1. The average molecular weight is 257 g/mol. The molecule has 2 N–H and O–H groups in total. The number of hydrogen-bond acceptors (Lipinski definition) is 3. The molecule has 0 radical (unpaired) electrons.